The second-order valence-electron chi connectivity index (χ2n) is 7.07. The molecule has 21 heavy (non-hydrogen) atoms. The van der Waals surface area contributed by atoms with Crippen LogP contribution >= 0.6 is 0 Å². The monoisotopic (exact) mass is 290 g/mol. The lowest BCUT2D eigenvalue weighted by molar-refractivity contribution is 0.240. The van der Waals surface area contributed by atoms with E-state index in [1.54, 1.807) is 6.07 Å². The fourth-order valence-corrected chi connectivity index (χ4v) is 2.81. The van der Waals surface area contributed by atoms with Crippen molar-refractivity contribution in [1.29, 1.82) is 0 Å². The van der Waals surface area contributed by atoms with Crippen LogP contribution in [-0.4, -0.2) is 23.5 Å². The predicted molar refractivity (Wildman–Crippen MR) is 84.5 cm³/mol. The third-order valence-electron chi connectivity index (χ3n) is 4.45. The van der Waals surface area contributed by atoms with E-state index in [4.69, 9.17) is 0 Å². The molecule has 1 aromatic rings. The first kappa shape index (κ1) is 15.0. The molecule has 2 aliphatic carbocycles. The van der Waals surface area contributed by atoms with Crippen molar-refractivity contribution in [3.63, 3.8) is 0 Å². The van der Waals surface area contributed by atoms with Gasteiger partial charge < -0.3 is 5.32 Å². The Morgan fingerprint density at radius 1 is 1.24 bits per heavy atom. The van der Waals surface area contributed by atoms with E-state index in [9.17, 15) is 4.39 Å². The molecule has 0 heterocycles. The van der Waals surface area contributed by atoms with Gasteiger partial charge in [0.15, 0.2) is 0 Å². The first-order chi connectivity index (χ1) is 10.1. The van der Waals surface area contributed by atoms with Gasteiger partial charge in [0, 0.05) is 37.3 Å². The summed E-state index contributed by atoms with van der Waals surface area (Å²) in [5, 5.41) is 3.40. The second-order valence-corrected chi connectivity index (χ2v) is 7.07. The number of rotatable bonds is 8. The molecule has 1 N–H and O–H groups in total. The lowest BCUT2D eigenvalue weighted by Crippen LogP contribution is -2.28. The summed E-state index contributed by atoms with van der Waals surface area (Å²) in [6, 6.07) is 6.75. The Morgan fingerprint density at radius 3 is 2.62 bits per heavy atom. The predicted octanol–water partition coefficient (Wildman–Crippen LogP) is 3.70. The van der Waals surface area contributed by atoms with Gasteiger partial charge in [-0.1, -0.05) is 26.0 Å². The summed E-state index contributed by atoms with van der Waals surface area (Å²) in [4.78, 5) is 2.51. The van der Waals surface area contributed by atoms with Gasteiger partial charge in [-0.25, -0.2) is 4.39 Å². The Labute approximate surface area is 127 Å². The molecule has 0 atom stereocenters. The van der Waals surface area contributed by atoms with Gasteiger partial charge in [0.2, 0.25) is 0 Å². The van der Waals surface area contributed by atoms with Crippen LogP contribution in [0.2, 0.25) is 0 Å². The van der Waals surface area contributed by atoms with E-state index in [0.29, 0.717) is 12.1 Å². The fourth-order valence-electron chi connectivity index (χ4n) is 2.81. The highest BCUT2D eigenvalue weighted by Crippen LogP contribution is 2.35. The van der Waals surface area contributed by atoms with E-state index < -0.39 is 0 Å². The van der Waals surface area contributed by atoms with Gasteiger partial charge >= 0.3 is 0 Å². The molecule has 0 amide bonds. The average molecular weight is 290 g/mol. The summed E-state index contributed by atoms with van der Waals surface area (Å²) in [6.07, 6.45) is 5.32. The zero-order chi connectivity index (χ0) is 14.8. The van der Waals surface area contributed by atoms with E-state index >= 15 is 0 Å². The number of benzene rings is 1. The minimum absolute atomic E-state index is 0.0512. The first-order valence-electron chi connectivity index (χ1n) is 8.36. The van der Waals surface area contributed by atoms with Gasteiger partial charge in [0.1, 0.15) is 5.82 Å². The van der Waals surface area contributed by atoms with Crippen molar-refractivity contribution in [3.8, 4) is 0 Å². The minimum Gasteiger partial charge on any atom is -0.310 e. The highest BCUT2D eigenvalue weighted by Gasteiger charge is 2.33. The van der Waals surface area contributed by atoms with E-state index in [1.165, 1.54) is 37.8 Å². The largest absolute Gasteiger partial charge is 0.310 e. The molecule has 1 aromatic carbocycles. The lowest BCUT2D eigenvalue weighted by atomic mass is 10.1. The summed E-state index contributed by atoms with van der Waals surface area (Å²) in [5.74, 6) is 0.823. The Kier molecular flexibility index (Phi) is 4.60. The maximum absolute atomic E-state index is 14.1. The number of nitrogens with one attached hydrogen (secondary N) is 1. The van der Waals surface area contributed by atoms with Crippen LogP contribution in [-0.2, 0) is 13.1 Å². The number of nitrogens with zero attached hydrogens (tertiary/aromatic N) is 1. The Hall–Kier alpha value is -0.930. The van der Waals surface area contributed by atoms with Gasteiger partial charge in [-0.3, -0.25) is 4.90 Å². The van der Waals surface area contributed by atoms with Crippen LogP contribution in [0.25, 0.3) is 0 Å². The maximum Gasteiger partial charge on any atom is 0.127 e. The summed E-state index contributed by atoms with van der Waals surface area (Å²) >= 11 is 0. The van der Waals surface area contributed by atoms with Crippen molar-refractivity contribution in [3.05, 3.63) is 35.1 Å². The van der Waals surface area contributed by atoms with Crippen LogP contribution < -0.4 is 5.32 Å². The molecule has 116 valence electrons. The van der Waals surface area contributed by atoms with Crippen molar-refractivity contribution >= 4 is 0 Å². The van der Waals surface area contributed by atoms with Gasteiger partial charge in [-0.15, -0.1) is 0 Å². The smallest absolute Gasteiger partial charge is 0.127 e. The van der Waals surface area contributed by atoms with Gasteiger partial charge in [-0.2, -0.15) is 0 Å². The zero-order valence-corrected chi connectivity index (χ0v) is 13.2. The maximum atomic E-state index is 14.1. The molecular formula is C18H27FN2. The Balaban J connectivity index is 1.65. The Morgan fingerprint density at radius 2 is 2.00 bits per heavy atom. The molecule has 0 aromatic heterocycles. The molecule has 2 aliphatic rings. The van der Waals surface area contributed by atoms with E-state index in [1.807, 2.05) is 12.1 Å². The number of hydrogen-bond donors (Lipinski definition) is 1. The van der Waals surface area contributed by atoms with Gasteiger partial charge in [0.25, 0.3) is 0 Å². The number of hydrogen-bond acceptors (Lipinski definition) is 2. The van der Waals surface area contributed by atoms with Crippen LogP contribution in [0.5, 0.6) is 0 Å². The van der Waals surface area contributed by atoms with Crippen molar-refractivity contribution in [2.45, 2.75) is 64.7 Å². The molecule has 3 heteroatoms. The van der Waals surface area contributed by atoms with Crippen molar-refractivity contribution in [2.75, 3.05) is 6.54 Å². The lowest BCUT2D eigenvalue weighted by Gasteiger charge is -2.22. The summed E-state index contributed by atoms with van der Waals surface area (Å²) in [7, 11) is 0. The molecule has 0 aliphatic heterocycles. The molecule has 0 unspecified atom stereocenters. The van der Waals surface area contributed by atoms with Crippen LogP contribution in [0.15, 0.2) is 18.2 Å². The Bertz CT molecular complexity index is 478. The fraction of sp³-hybridized carbons (Fsp3) is 0.667. The molecule has 0 bridgehead atoms. The van der Waals surface area contributed by atoms with Gasteiger partial charge in [-0.05, 0) is 43.2 Å². The van der Waals surface area contributed by atoms with Crippen molar-refractivity contribution < 1.29 is 4.39 Å². The first-order valence-corrected chi connectivity index (χ1v) is 8.36. The summed E-state index contributed by atoms with van der Waals surface area (Å²) in [5.41, 5.74) is 2.05. The van der Waals surface area contributed by atoms with Crippen molar-refractivity contribution in [2.24, 2.45) is 5.92 Å². The topological polar surface area (TPSA) is 15.3 Å². The van der Waals surface area contributed by atoms with Crippen LogP contribution in [0.1, 0.15) is 50.7 Å². The van der Waals surface area contributed by atoms with E-state index in [0.717, 1.165) is 24.6 Å². The molecule has 3 rings (SSSR count). The minimum atomic E-state index is -0.0512. The summed E-state index contributed by atoms with van der Waals surface area (Å²) in [6.45, 7) is 7.03. The highest BCUT2D eigenvalue weighted by molar-refractivity contribution is 5.25. The number of halogens is 1. The van der Waals surface area contributed by atoms with Crippen molar-refractivity contribution in [1.82, 2.24) is 10.2 Å². The third-order valence-corrected chi connectivity index (χ3v) is 4.45. The van der Waals surface area contributed by atoms with Crippen LogP contribution in [0, 0.1) is 11.7 Å². The molecule has 2 nitrogen and oxygen atoms in total. The third kappa shape index (κ3) is 4.52. The molecule has 0 radical (unpaired) electrons. The standard InChI is InChI=1S/C18H27FN2/c1-13(2)20-10-15-5-8-18(19)16(9-15)12-21(17-6-7-17)11-14-3-4-14/h5,8-9,13-14,17,20H,3-4,6-7,10-12H2,1-2H3. The van der Waals surface area contributed by atoms with E-state index in [2.05, 4.69) is 24.1 Å². The van der Waals surface area contributed by atoms with Gasteiger partial charge in [0.05, 0.1) is 0 Å². The quantitative estimate of drug-likeness (QED) is 0.785. The zero-order valence-electron chi connectivity index (χ0n) is 13.2. The molecular weight excluding hydrogens is 263 g/mol. The molecule has 0 spiro atoms. The highest BCUT2D eigenvalue weighted by atomic mass is 19.1. The van der Waals surface area contributed by atoms with Crippen LogP contribution in [0.3, 0.4) is 0 Å². The molecule has 0 saturated heterocycles. The van der Waals surface area contributed by atoms with E-state index in [-0.39, 0.29) is 5.82 Å². The molecule has 2 saturated carbocycles. The average Bonchev–Trinajstić information content (AvgIpc) is 3.31. The van der Waals surface area contributed by atoms with Crippen LogP contribution in [0.4, 0.5) is 4.39 Å². The normalized spacial score (nSPS) is 18.7. The second kappa shape index (κ2) is 6.45. The molecule has 2 fully saturated rings. The summed E-state index contributed by atoms with van der Waals surface area (Å²) < 4.78 is 14.1. The SMILES string of the molecule is CC(C)NCc1ccc(F)c(CN(CC2CC2)C2CC2)c1.